The normalized spacial score (nSPS) is 26.2. The lowest BCUT2D eigenvalue weighted by molar-refractivity contribution is -0.160. The fraction of sp³-hybridized carbons (Fsp3) is 0.400. The average Bonchev–Trinajstić information content (AvgIpc) is 3.38. The zero-order valence-corrected chi connectivity index (χ0v) is 23.5. The topological polar surface area (TPSA) is 99.2 Å². The van der Waals surface area contributed by atoms with Gasteiger partial charge in [-0.25, -0.2) is 8.42 Å². The lowest BCUT2D eigenvalue weighted by Crippen LogP contribution is -2.46. The molecule has 39 heavy (non-hydrogen) atoms. The maximum absolute atomic E-state index is 14.6. The molecule has 0 unspecified atom stereocenters. The average molecular weight is 552 g/mol. The number of carbonyl (C=O) groups excluding carboxylic acids is 2. The number of rotatable bonds is 5. The van der Waals surface area contributed by atoms with E-state index in [2.05, 4.69) is 0 Å². The summed E-state index contributed by atoms with van der Waals surface area (Å²) in [5.74, 6) is -0.884. The van der Waals surface area contributed by atoms with Crippen LogP contribution >= 0.6 is 0 Å². The van der Waals surface area contributed by atoms with Crippen LogP contribution < -0.4 is 9.47 Å². The molecule has 0 bridgehead atoms. The Bertz CT molecular complexity index is 1470. The number of esters is 1. The predicted octanol–water partition coefficient (Wildman–Crippen LogP) is 4.89. The second-order valence-electron chi connectivity index (χ2n) is 11.2. The highest BCUT2D eigenvalue weighted by molar-refractivity contribution is 7.89. The van der Waals surface area contributed by atoms with E-state index in [9.17, 15) is 18.0 Å². The highest BCUT2D eigenvalue weighted by atomic mass is 32.2. The molecular formula is C30H33NO7S. The number of hydrogen-bond acceptors (Lipinski definition) is 7. The lowest BCUT2D eigenvalue weighted by atomic mass is 9.66. The molecule has 9 heteroatoms. The number of sulfonamides is 1. The van der Waals surface area contributed by atoms with E-state index < -0.39 is 45.0 Å². The van der Waals surface area contributed by atoms with Crippen molar-refractivity contribution in [2.75, 3.05) is 6.79 Å². The van der Waals surface area contributed by atoms with E-state index in [0.717, 1.165) is 5.56 Å². The van der Waals surface area contributed by atoms with Crippen molar-refractivity contribution in [1.29, 1.82) is 0 Å². The monoisotopic (exact) mass is 551 g/mol. The molecule has 3 aliphatic rings. The van der Waals surface area contributed by atoms with E-state index in [0.29, 0.717) is 23.5 Å². The molecule has 0 amide bonds. The number of ether oxygens (including phenoxy) is 3. The highest BCUT2D eigenvalue weighted by Gasteiger charge is 2.67. The number of allylic oxidation sites excluding steroid dienone is 3. The van der Waals surface area contributed by atoms with Crippen molar-refractivity contribution in [3.8, 4) is 11.5 Å². The maximum atomic E-state index is 14.6. The van der Waals surface area contributed by atoms with E-state index in [4.69, 9.17) is 14.2 Å². The van der Waals surface area contributed by atoms with Gasteiger partial charge in [-0.1, -0.05) is 54.1 Å². The summed E-state index contributed by atoms with van der Waals surface area (Å²) >= 11 is 0. The summed E-state index contributed by atoms with van der Waals surface area (Å²) in [7, 11) is -4.34. The Hall–Kier alpha value is -3.43. The Morgan fingerprint density at radius 3 is 2.44 bits per heavy atom. The molecule has 0 aromatic heterocycles. The largest absolute Gasteiger partial charge is 0.459 e. The van der Waals surface area contributed by atoms with Crippen LogP contribution in [-0.2, 0) is 24.3 Å². The van der Waals surface area contributed by atoms with Gasteiger partial charge in [0.15, 0.2) is 11.5 Å². The second kappa shape index (κ2) is 9.64. The first-order valence-corrected chi connectivity index (χ1v) is 14.4. The number of ketones is 1. The molecule has 1 saturated heterocycles. The first kappa shape index (κ1) is 27.1. The van der Waals surface area contributed by atoms with Crippen molar-refractivity contribution < 1.29 is 32.2 Å². The van der Waals surface area contributed by atoms with Crippen LogP contribution in [0.25, 0.3) is 0 Å². The SMILES string of the molecule is CC(=O)[C@@]12C=CC=CC[C@@H]1[C@@H](C(=O)OC(C)(C)C)N(S(=O)(=O)c1ccc(C)cc1)[C@H]2c1cccc2c1OCO2. The van der Waals surface area contributed by atoms with Gasteiger partial charge in [-0.2, -0.15) is 4.31 Å². The molecule has 0 N–H and O–H groups in total. The number of nitrogens with zero attached hydrogens (tertiary/aromatic N) is 1. The number of benzene rings is 2. The van der Waals surface area contributed by atoms with Crippen molar-refractivity contribution in [3.05, 3.63) is 77.9 Å². The number of carbonyl (C=O) groups is 2. The number of hydrogen-bond donors (Lipinski definition) is 0. The minimum absolute atomic E-state index is 0.0195. The van der Waals surface area contributed by atoms with Gasteiger partial charge in [-0.05, 0) is 59.2 Å². The zero-order valence-electron chi connectivity index (χ0n) is 22.7. The summed E-state index contributed by atoms with van der Waals surface area (Å²) in [5.41, 5.74) is -0.919. The number of fused-ring (bicyclic) bond motifs is 2. The summed E-state index contributed by atoms with van der Waals surface area (Å²) in [5, 5.41) is 0. The molecule has 1 aliphatic carbocycles. The fourth-order valence-electron chi connectivity index (χ4n) is 5.95. The molecule has 2 aliphatic heterocycles. The third-order valence-corrected chi connectivity index (χ3v) is 9.42. The van der Waals surface area contributed by atoms with E-state index in [1.165, 1.54) is 23.4 Å². The first-order valence-electron chi connectivity index (χ1n) is 12.9. The lowest BCUT2D eigenvalue weighted by Gasteiger charge is -2.36. The number of para-hydroxylation sites is 1. The quantitative estimate of drug-likeness (QED) is 0.488. The molecule has 8 nitrogen and oxygen atoms in total. The van der Waals surface area contributed by atoms with Gasteiger partial charge in [0.25, 0.3) is 0 Å². The van der Waals surface area contributed by atoms with Gasteiger partial charge < -0.3 is 14.2 Å². The standard InChI is InChI=1S/C30H33NO7S/c1-19-13-15-21(16-14-19)39(34,35)31-25(28(33)38-29(3,4)5)23-11-7-6-8-17-30(23,20(2)32)27(31)22-10-9-12-24-26(22)37-18-36-24/h6-10,12-17,23,25,27H,11,18H2,1-5H3/t23-,25+,27+,30+/m1/s1. The van der Waals surface area contributed by atoms with Crippen LogP contribution in [-0.4, -0.2) is 42.9 Å². The fourth-order valence-corrected chi connectivity index (χ4v) is 7.77. The summed E-state index contributed by atoms with van der Waals surface area (Å²) < 4.78 is 47.7. The van der Waals surface area contributed by atoms with E-state index in [-0.39, 0.29) is 17.5 Å². The van der Waals surface area contributed by atoms with Crippen LogP contribution in [0.3, 0.4) is 0 Å². The first-order chi connectivity index (χ1) is 18.4. The van der Waals surface area contributed by atoms with Crippen LogP contribution in [0.15, 0.2) is 71.7 Å². The predicted molar refractivity (Wildman–Crippen MR) is 145 cm³/mol. The summed E-state index contributed by atoms with van der Waals surface area (Å²) in [4.78, 5) is 27.8. The molecule has 2 aromatic rings. The van der Waals surface area contributed by atoms with Crippen molar-refractivity contribution in [1.82, 2.24) is 4.31 Å². The summed E-state index contributed by atoms with van der Waals surface area (Å²) in [6.07, 6.45) is 7.46. The Balaban J connectivity index is 1.84. The third kappa shape index (κ3) is 4.47. The Morgan fingerprint density at radius 2 is 1.77 bits per heavy atom. The molecule has 206 valence electrons. The number of aryl methyl sites for hydroxylation is 1. The molecule has 0 radical (unpaired) electrons. The van der Waals surface area contributed by atoms with Gasteiger partial charge in [0, 0.05) is 11.5 Å². The van der Waals surface area contributed by atoms with Crippen LogP contribution in [0.5, 0.6) is 11.5 Å². The zero-order chi connectivity index (χ0) is 28.2. The second-order valence-corrected chi connectivity index (χ2v) is 13.1. The Labute approximate surface area is 229 Å². The number of Topliss-reactive ketones (excluding diaryl/α,β-unsaturated/α-hetero) is 1. The summed E-state index contributed by atoms with van der Waals surface area (Å²) in [6, 6.07) is 9.28. The van der Waals surface area contributed by atoms with E-state index in [1.807, 2.05) is 19.1 Å². The van der Waals surface area contributed by atoms with Crippen molar-refractivity contribution in [3.63, 3.8) is 0 Å². The summed E-state index contributed by atoms with van der Waals surface area (Å²) in [6.45, 7) is 8.48. The molecule has 0 spiro atoms. The van der Waals surface area contributed by atoms with E-state index in [1.54, 1.807) is 63.3 Å². The van der Waals surface area contributed by atoms with Crippen LogP contribution in [0.2, 0.25) is 0 Å². The minimum atomic E-state index is -4.34. The minimum Gasteiger partial charge on any atom is -0.459 e. The maximum Gasteiger partial charge on any atom is 0.325 e. The third-order valence-electron chi connectivity index (χ3n) is 7.56. The van der Waals surface area contributed by atoms with Gasteiger partial charge in [-0.3, -0.25) is 9.59 Å². The van der Waals surface area contributed by atoms with Gasteiger partial charge >= 0.3 is 5.97 Å². The van der Waals surface area contributed by atoms with E-state index >= 15 is 0 Å². The molecule has 1 fully saturated rings. The van der Waals surface area contributed by atoms with Gasteiger partial charge in [0.05, 0.1) is 16.4 Å². The Morgan fingerprint density at radius 1 is 1.05 bits per heavy atom. The van der Waals surface area contributed by atoms with Crippen LogP contribution in [0.4, 0.5) is 0 Å². The van der Waals surface area contributed by atoms with Crippen molar-refractivity contribution in [2.24, 2.45) is 11.3 Å². The molecule has 2 heterocycles. The van der Waals surface area contributed by atoms with Crippen molar-refractivity contribution in [2.45, 2.75) is 63.6 Å². The van der Waals surface area contributed by atoms with Gasteiger partial charge in [0.2, 0.25) is 16.8 Å². The molecule has 0 saturated carbocycles. The smallest absolute Gasteiger partial charge is 0.325 e. The molecule has 5 rings (SSSR count). The molecule has 4 atom stereocenters. The Kier molecular flexibility index (Phi) is 6.71. The molecule has 2 aromatic carbocycles. The van der Waals surface area contributed by atoms with Gasteiger partial charge in [-0.15, -0.1) is 0 Å². The molecular weight excluding hydrogens is 518 g/mol. The van der Waals surface area contributed by atoms with Gasteiger partial charge in [0.1, 0.15) is 17.4 Å². The highest BCUT2D eigenvalue weighted by Crippen LogP contribution is 2.61. The van der Waals surface area contributed by atoms with Crippen LogP contribution in [0, 0.1) is 18.3 Å². The van der Waals surface area contributed by atoms with Crippen LogP contribution in [0.1, 0.15) is 51.3 Å². The van der Waals surface area contributed by atoms with Crippen molar-refractivity contribution >= 4 is 21.8 Å².